The molecule has 3 unspecified atom stereocenters. The van der Waals surface area contributed by atoms with E-state index in [1.54, 1.807) is 7.05 Å². The van der Waals surface area contributed by atoms with Crippen LogP contribution in [0.25, 0.3) is 0 Å². The topological polar surface area (TPSA) is 52.6 Å². The standard InChI is InChI=1S/C13H24N2O2/c1-14-13(17)10-5-4-8-15(9-10)11-6-2-3-7-12(11)16/h10-12,16H,2-9H2,1H3,(H,14,17). The van der Waals surface area contributed by atoms with Crippen LogP contribution in [0.15, 0.2) is 0 Å². The van der Waals surface area contributed by atoms with Gasteiger partial charge in [0.1, 0.15) is 0 Å². The van der Waals surface area contributed by atoms with Crippen LogP contribution in [0.5, 0.6) is 0 Å². The van der Waals surface area contributed by atoms with Gasteiger partial charge in [0, 0.05) is 19.6 Å². The molecule has 2 N–H and O–H groups in total. The zero-order valence-corrected chi connectivity index (χ0v) is 10.7. The van der Waals surface area contributed by atoms with Gasteiger partial charge < -0.3 is 10.4 Å². The minimum Gasteiger partial charge on any atom is -0.391 e. The Kier molecular flexibility index (Phi) is 4.40. The van der Waals surface area contributed by atoms with E-state index in [9.17, 15) is 9.90 Å². The second kappa shape index (κ2) is 5.83. The summed E-state index contributed by atoms with van der Waals surface area (Å²) in [7, 11) is 1.71. The number of rotatable bonds is 2. The van der Waals surface area contributed by atoms with Crippen molar-refractivity contribution in [3.63, 3.8) is 0 Å². The van der Waals surface area contributed by atoms with Crippen molar-refractivity contribution in [2.24, 2.45) is 5.92 Å². The van der Waals surface area contributed by atoms with E-state index in [1.807, 2.05) is 0 Å². The second-order valence-corrected chi connectivity index (χ2v) is 5.37. The molecule has 0 aromatic carbocycles. The van der Waals surface area contributed by atoms with Crippen LogP contribution in [0.2, 0.25) is 0 Å². The summed E-state index contributed by atoms with van der Waals surface area (Å²) in [4.78, 5) is 14.0. The zero-order chi connectivity index (χ0) is 12.3. The van der Waals surface area contributed by atoms with Gasteiger partial charge in [-0.25, -0.2) is 0 Å². The number of hydrogen-bond acceptors (Lipinski definition) is 3. The maximum Gasteiger partial charge on any atom is 0.224 e. The molecule has 1 saturated heterocycles. The molecule has 1 aliphatic carbocycles. The van der Waals surface area contributed by atoms with Crippen LogP contribution >= 0.6 is 0 Å². The van der Waals surface area contributed by atoms with E-state index in [0.717, 1.165) is 45.2 Å². The van der Waals surface area contributed by atoms with Crippen molar-refractivity contribution in [3.8, 4) is 0 Å². The highest BCUT2D eigenvalue weighted by Gasteiger charge is 2.33. The molecule has 0 bridgehead atoms. The van der Waals surface area contributed by atoms with Gasteiger partial charge in [-0.3, -0.25) is 9.69 Å². The highest BCUT2D eigenvalue weighted by molar-refractivity contribution is 5.78. The van der Waals surface area contributed by atoms with Crippen molar-refractivity contribution in [2.75, 3.05) is 20.1 Å². The molecular formula is C13H24N2O2. The normalized spacial score (nSPS) is 35.5. The Balaban J connectivity index is 1.94. The number of aliphatic hydroxyl groups excluding tert-OH is 1. The number of aliphatic hydroxyl groups is 1. The summed E-state index contributed by atoms with van der Waals surface area (Å²) >= 11 is 0. The molecule has 1 heterocycles. The highest BCUT2D eigenvalue weighted by Crippen LogP contribution is 2.27. The number of amides is 1. The molecule has 1 aliphatic heterocycles. The number of likely N-dealkylation sites (tertiary alicyclic amines) is 1. The lowest BCUT2D eigenvalue weighted by atomic mass is 9.88. The third-order valence-corrected chi connectivity index (χ3v) is 4.23. The average molecular weight is 240 g/mol. The van der Waals surface area contributed by atoms with Crippen LogP contribution in [0.3, 0.4) is 0 Å². The minimum atomic E-state index is -0.188. The minimum absolute atomic E-state index is 0.114. The van der Waals surface area contributed by atoms with Crippen LogP contribution in [-0.4, -0.2) is 48.2 Å². The first-order valence-electron chi connectivity index (χ1n) is 6.86. The summed E-state index contributed by atoms with van der Waals surface area (Å²) in [5.74, 6) is 0.267. The van der Waals surface area contributed by atoms with Crippen molar-refractivity contribution in [1.29, 1.82) is 0 Å². The van der Waals surface area contributed by atoms with Gasteiger partial charge in [-0.15, -0.1) is 0 Å². The Hall–Kier alpha value is -0.610. The van der Waals surface area contributed by atoms with Gasteiger partial charge in [0.15, 0.2) is 0 Å². The molecule has 0 spiro atoms. The molecular weight excluding hydrogens is 216 g/mol. The molecule has 1 amide bonds. The van der Waals surface area contributed by atoms with E-state index < -0.39 is 0 Å². The molecule has 4 nitrogen and oxygen atoms in total. The molecule has 4 heteroatoms. The molecule has 98 valence electrons. The van der Waals surface area contributed by atoms with E-state index in [0.29, 0.717) is 0 Å². The van der Waals surface area contributed by atoms with Crippen LogP contribution in [-0.2, 0) is 4.79 Å². The summed E-state index contributed by atoms with van der Waals surface area (Å²) in [6, 6.07) is 0.288. The van der Waals surface area contributed by atoms with Crippen molar-refractivity contribution >= 4 is 5.91 Å². The van der Waals surface area contributed by atoms with Crippen LogP contribution in [0.1, 0.15) is 38.5 Å². The van der Waals surface area contributed by atoms with Crippen LogP contribution in [0.4, 0.5) is 0 Å². The number of carbonyl (C=O) groups is 1. The highest BCUT2D eigenvalue weighted by atomic mass is 16.3. The molecule has 0 aromatic rings. The van der Waals surface area contributed by atoms with Gasteiger partial charge >= 0.3 is 0 Å². The van der Waals surface area contributed by atoms with Gasteiger partial charge in [-0.1, -0.05) is 12.8 Å². The average Bonchev–Trinajstić information content (AvgIpc) is 2.38. The van der Waals surface area contributed by atoms with E-state index in [2.05, 4.69) is 10.2 Å². The zero-order valence-electron chi connectivity index (χ0n) is 10.7. The lowest BCUT2D eigenvalue weighted by Gasteiger charge is -2.41. The lowest BCUT2D eigenvalue weighted by Crippen LogP contribution is -2.51. The maximum absolute atomic E-state index is 11.7. The van der Waals surface area contributed by atoms with Crippen molar-refractivity contribution < 1.29 is 9.90 Å². The smallest absolute Gasteiger partial charge is 0.224 e. The largest absolute Gasteiger partial charge is 0.391 e. The summed E-state index contributed by atoms with van der Waals surface area (Å²) in [5.41, 5.74) is 0. The molecule has 2 fully saturated rings. The van der Waals surface area contributed by atoms with Gasteiger partial charge in [0.2, 0.25) is 5.91 Å². The molecule has 3 atom stereocenters. The summed E-state index contributed by atoms with van der Waals surface area (Å²) in [6.07, 6.45) is 6.23. The van der Waals surface area contributed by atoms with Crippen LogP contribution < -0.4 is 5.32 Å². The fourth-order valence-electron chi connectivity index (χ4n) is 3.24. The number of nitrogens with zero attached hydrogens (tertiary/aromatic N) is 1. The van der Waals surface area contributed by atoms with E-state index in [-0.39, 0.29) is 24.0 Å². The van der Waals surface area contributed by atoms with Gasteiger partial charge in [-0.2, -0.15) is 0 Å². The Morgan fingerprint density at radius 3 is 2.71 bits per heavy atom. The van der Waals surface area contributed by atoms with Gasteiger partial charge in [0.05, 0.1) is 12.0 Å². The predicted molar refractivity (Wildman–Crippen MR) is 66.6 cm³/mol. The third-order valence-electron chi connectivity index (χ3n) is 4.23. The maximum atomic E-state index is 11.7. The molecule has 2 rings (SSSR count). The molecule has 17 heavy (non-hydrogen) atoms. The van der Waals surface area contributed by atoms with Crippen molar-refractivity contribution in [3.05, 3.63) is 0 Å². The van der Waals surface area contributed by atoms with E-state index in [4.69, 9.17) is 0 Å². The summed E-state index contributed by atoms with van der Waals surface area (Å²) in [6.45, 7) is 1.86. The molecule has 0 radical (unpaired) electrons. The Morgan fingerprint density at radius 1 is 1.24 bits per heavy atom. The van der Waals surface area contributed by atoms with E-state index in [1.165, 1.54) is 6.42 Å². The van der Waals surface area contributed by atoms with E-state index >= 15 is 0 Å². The number of piperidine rings is 1. The Bertz CT molecular complexity index is 270. The number of nitrogens with one attached hydrogen (secondary N) is 1. The Labute approximate surface area is 103 Å². The quantitative estimate of drug-likeness (QED) is 0.749. The van der Waals surface area contributed by atoms with Crippen LogP contribution in [0, 0.1) is 5.92 Å². The molecule has 2 aliphatic rings. The predicted octanol–water partition coefficient (Wildman–Crippen LogP) is 0.748. The fourth-order valence-corrected chi connectivity index (χ4v) is 3.24. The first kappa shape index (κ1) is 12.8. The fraction of sp³-hybridized carbons (Fsp3) is 0.923. The lowest BCUT2D eigenvalue weighted by molar-refractivity contribution is -0.127. The van der Waals surface area contributed by atoms with Gasteiger partial charge in [-0.05, 0) is 32.2 Å². The molecule has 0 aromatic heterocycles. The molecule has 1 saturated carbocycles. The summed E-state index contributed by atoms with van der Waals surface area (Å²) in [5, 5.41) is 12.8. The SMILES string of the molecule is CNC(=O)C1CCCN(C2CCCCC2O)C1. The second-order valence-electron chi connectivity index (χ2n) is 5.37. The van der Waals surface area contributed by atoms with Crippen molar-refractivity contribution in [2.45, 2.75) is 50.7 Å². The first-order valence-corrected chi connectivity index (χ1v) is 6.86. The Morgan fingerprint density at radius 2 is 2.00 bits per heavy atom. The third kappa shape index (κ3) is 2.99. The van der Waals surface area contributed by atoms with Crippen molar-refractivity contribution in [1.82, 2.24) is 10.2 Å². The van der Waals surface area contributed by atoms with Gasteiger partial charge in [0.25, 0.3) is 0 Å². The number of carbonyl (C=O) groups excluding carboxylic acids is 1. The number of hydrogen-bond donors (Lipinski definition) is 2. The monoisotopic (exact) mass is 240 g/mol. The summed E-state index contributed by atoms with van der Waals surface area (Å²) < 4.78 is 0. The first-order chi connectivity index (χ1) is 8.22.